The van der Waals surface area contributed by atoms with Crippen molar-refractivity contribution >= 4 is 0 Å². The van der Waals surface area contributed by atoms with Gasteiger partial charge in [0.05, 0.1) is 0 Å². The molecule has 3 heteroatoms. The second-order valence-electron chi connectivity index (χ2n) is 4.17. The standard InChI is InChI=1S/C9H17N2.K/c1-8(2)11-6-4-9(7-11)3-5-10-9;/h8H,3-7H2,1-2H3;/q-1;+1. The fourth-order valence-electron chi connectivity index (χ4n) is 2.09. The van der Waals surface area contributed by atoms with E-state index in [1.807, 2.05) is 0 Å². The van der Waals surface area contributed by atoms with E-state index in [1.165, 1.54) is 25.9 Å². The number of hydrogen-bond acceptors (Lipinski definition) is 1. The van der Waals surface area contributed by atoms with Gasteiger partial charge in [-0.05, 0) is 26.9 Å². The first-order valence-electron chi connectivity index (χ1n) is 4.65. The predicted molar refractivity (Wildman–Crippen MR) is 46.9 cm³/mol. The fourth-order valence-corrected chi connectivity index (χ4v) is 2.09. The third-order valence-electron chi connectivity index (χ3n) is 3.12. The Hall–Kier alpha value is 1.56. The summed E-state index contributed by atoms with van der Waals surface area (Å²) >= 11 is 0. The molecule has 2 heterocycles. The molecule has 0 saturated carbocycles. The minimum absolute atomic E-state index is 0. The van der Waals surface area contributed by atoms with Gasteiger partial charge in [0, 0.05) is 6.04 Å². The van der Waals surface area contributed by atoms with Crippen LogP contribution in [0.25, 0.3) is 5.32 Å². The molecule has 0 aliphatic carbocycles. The number of likely N-dealkylation sites (tertiary alicyclic amines) is 1. The summed E-state index contributed by atoms with van der Waals surface area (Å²) in [5, 5.41) is 4.59. The van der Waals surface area contributed by atoms with Crippen molar-refractivity contribution < 1.29 is 51.4 Å². The van der Waals surface area contributed by atoms with Gasteiger partial charge in [-0.3, -0.25) is 0 Å². The van der Waals surface area contributed by atoms with Gasteiger partial charge < -0.3 is 10.2 Å². The van der Waals surface area contributed by atoms with E-state index < -0.39 is 0 Å². The molecule has 64 valence electrons. The summed E-state index contributed by atoms with van der Waals surface area (Å²) in [5.74, 6) is 0. The van der Waals surface area contributed by atoms with Gasteiger partial charge in [0.15, 0.2) is 0 Å². The Morgan fingerprint density at radius 2 is 2.00 bits per heavy atom. The maximum atomic E-state index is 4.59. The molecule has 1 spiro atoms. The van der Waals surface area contributed by atoms with Crippen LogP contribution >= 0.6 is 0 Å². The van der Waals surface area contributed by atoms with Crippen molar-refractivity contribution in [3.8, 4) is 0 Å². The third kappa shape index (κ3) is 2.14. The van der Waals surface area contributed by atoms with Crippen LogP contribution in [0.2, 0.25) is 0 Å². The zero-order valence-electron chi connectivity index (χ0n) is 8.51. The molecule has 0 aromatic rings. The second kappa shape index (κ2) is 4.38. The zero-order chi connectivity index (χ0) is 7.90. The van der Waals surface area contributed by atoms with Crippen LogP contribution in [0.3, 0.4) is 0 Å². The van der Waals surface area contributed by atoms with Gasteiger partial charge in [-0.1, -0.05) is 12.8 Å². The smallest absolute Gasteiger partial charge is 0.656 e. The van der Waals surface area contributed by atoms with Crippen molar-refractivity contribution in [1.82, 2.24) is 4.90 Å². The first-order chi connectivity index (χ1) is 5.22. The van der Waals surface area contributed by atoms with Crippen molar-refractivity contribution in [3.63, 3.8) is 0 Å². The molecule has 0 aromatic carbocycles. The van der Waals surface area contributed by atoms with Crippen LogP contribution in [0, 0.1) is 0 Å². The van der Waals surface area contributed by atoms with E-state index in [1.54, 1.807) is 0 Å². The maximum Gasteiger partial charge on any atom is 1.00 e. The molecule has 2 aliphatic heterocycles. The van der Waals surface area contributed by atoms with Crippen LogP contribution in [0.5, 0.6) is 0 Å². The molecule has 0 N–H and O–H groups in total. The summed E-state index contributed by atoms with van der Waals surface area (Å²) in [4.78, 5) is 2.54. The van der Waals surface area contributed by atoms with Crippen molar-refractivity contribution in [1.29, 1.82) is 0 Å². The van der Waals surface area contributed by atoms with Crippen molar-refractivity contribution in [2.24, 2.45) is 0 Å². The van der Waals surface area contributed by atoms with Crippen LogP contribution < -0.4 is 51.4 Å². The van der Waals surface area contributed by atoms with Gasteiger partial charge in [0.25, 0.3) is 0 Å². The van der Waals surface area contributed by atoms with E-state index in [9.17, 15) is 0 Å². The van der Waals surface area contributed by atoms with Crippen LogP contribution in [0.1, 0.15) is 26.7 Å². The number of hydrogen-bond donors (Lipinski definition) is 0. The Labute approximate surface area is 118 Å². The summed E-state index contributed by atoms with van der Waals surface area (Å²) < 4.78 is 0. The van der Waals surface area contributed by atoms with E-state index in [-0.39, 0.29) is 51.4 Å². The molecule has 0 aromatic heterocycles. The molecule has 2 saturated heterocycles. The minimum Gasteiger partial charge on any atom is -0.656 e. The van der Waals surface area contributed by atoms with Gasteiger partial charge in [-0.2, -0.15) is 0 Å². The van der Waals surface area contributed by atoms with Gasteiger partial charge in [-0.25, -0.2) is 0 Å². The largest absolute Gasteiger partial charge is 1.00 e. The van der Waals surface area contributed by atoms with Gasteiger partial charge in [0.1, 0.15) is 0 Å². The molecule has 1 unspecified atom stereocenters. The van der Waals surface area contributed by atoms with Crippen LogP contribution in [-0.4, -0.2) is 36.1 Å². The van der Waals surface area contributed by atoms with Crippen molar-refractivity contribution in [3.05, 3.63) is 5.32 Å². The monoisotopic (exact) mass is 192 g/mol. The molecule has 0 bridgehead atoms. The van der Waals surface area contributed by atoms with Gasteiger partial charge >= 0.3 is 51.4 Å². The first-order valence-corrected chi connectivity index (χ1v) is 4.65. The average molecular weight is 192 g/mol. The number of nitrogens with zero attached hydrogens (tertiary/aromatic N) is 2. The van der Waals surface area contributed by atoms with Gasteiger partial charge in [0.2, 0.25) is 0 Å². The molecule has 0 radical (unpaired) electrons. The fraction of sp³-hybridized carbons (Fsp3) is 1.00. The van der Waals surface area contributed by atoms with E-state index in [2.05, 4.69) is 24.1 Å². The number of rotatable bonds is 1. The van der Waals surface area contributed by atoms with Crippen LogP contribution in [-0.2, 0) is 0 Å². The molecule has 0 amide bonds. The molecular formula is C9H17KN2. The maximum absolute atomic E-state index is 4.59. The van der Waals surface area contributed by atoms with E-state index in [0.29, 0.717) is 11.6 Å². The van der Waals surface area contributed by atoms with Gasteiger partial charge in [-0.15, -0.1) is 12.1 Å². The van der Waals surface area contributed by atoms with Crippen molar-refractivity contribution in [2.45, 2.75) is 38.3 Å². The quantitative estimate of drug-likeness (QED) is 0.468. The topological polar surface area (TPSA) is 17.3 Å². The Morgan fingerprint density at radius 3 is 2.25 bits per heavy atom. The first kappa shape index (κ1) is 11.6. The summed E-state index contributed by atoms with van der Waals surface area (Å²) in [7, 11) is 0. The molecule has 12 heavy (non-hydrogen) atoms. The molecule has 2 aliphatic rings. The summed E-state index contributed by atoms with van der Waals surface area (Å²) in [5.41, 5.74) is 0.421. The zero-order valence-corrected chi connectivity index (χ0v) is 11.6. The average Bonchev–Trinajstić information content (AvgIpc) is 2.28. The molecule has 2 fully saturated rings. The summed E-state index contributed by atoms with van der Waals surface area (Å²) in [6.45, 7) is 8.16. The second-order valence-corrected chi connectivity index (χ2v) is 4.17. The van der Waals surface area contributed by atoms with E-state index >= 15 is 0 Å². The third-order valence-corrected chi connectivity index (χ3v) is 3.12. The molecular weight excluding hydrogens is 175 g/mol. The Morgan fingerprint density at radius 1 is 1.33 bits per heavy atom. The Kier molecular flexibility index (Phi) is 4.25. The molecule has 2 nitrogen and oxygen atoms in total. The Balaban J connectivity index is 0.000000720. The Bertz CT molecular complexity index is 155. The minimum atomic E-state index is 0. The SMILES string of the molecule is CC(C)N1CCC2(CC[N-]2)C1.[K+]. The van der Waals surface area contributed by atoms with Crippen molar-refractivity contribution in [2.75, 3.05) is 19.6 Å². The summed E-state index contributed by atoms with van der Waals surface area (Å²) in [6, 6.07) is 0.713. The van der Waals surface area contributed by atoms with Crippen LogP contribution in [0.15, 0.2) is 0 Å². The predicted octanol–water partition coefficient (Wildman–Crippen LogP) is -1.38. The normalized spacial score (nSPS) is 35.2. The summed E-state index contributed by atoms with van der Waals surface area (Å²) in [6.07, 6.45) is 2.65. The van der Waals surface area contributed by atoms with Crippen LogP contribution in [0.4, 0.5) is 0 Å². The van der Waals surface area contributed by atoms with E-state index in [0.717, 1.165) is 6.54 Å². The van der Waals surface area contributed by atoms with E-state index in [4.69, 9.17) is 0 Å². The molecule has 1 atom stereocenters. The molecule has 2 rings (SSSR count).